The molecule has 0 aromatic carbocycles. The van der Waals surface area contributed by atoms with Crippen LogP contribution in [0.3, 0.4) is 0 Å². The molecule has 4 heteroatoms. The molecule has 1 aromatic rings. The van der Waals surface area contributed by atoms with E-state index in [-0.39, 0.29) is 17.9 Å². The van der Waals surface area contributed by atoms with Gasteiger partial charge in [-0.1, -0.05) is 19.9 Å². The molecule has 0 atom stereocenters. The highest BCUT2D eigenvalue weighted by atomic mass is 32.1. The summed E-state index contributed by atoms with van der Waals surface area (Å²) in [6, 6.07) is 3.70. The molecule has 0 saturated heterocycles. The van der Waals surface area contributed by atoms with Gasteiger partial charge in [0.1, 0.15) is 0 Å². The van der Waals surface area contributed by atoms with Gasteiger partial charge in [0.05, 0.1) is 4.88 Å². The molecule has 0 bridgehead atoms. The zero-order valence-electron chi connectivity index (χ0n) is 10.5. The molecule has 0 saturated carbocycles. The zero-order valence-corrected chi connectivity index (χ0v) is 11.3. The SMILES string of the molecule is CCC(CC)(CCO)CNC(=O)c1cccs1. The molecule has 1 aromatic heterocycles. The van der Waals surface area contributed by atoms with Gasteiger partial charge >= 0.3 is 0 Å². The number of aliphatic hydroxyl groups excluding tert-OH is 1. The Labute approximate surface area is 107 Å². The predicted molar refractivity (Wildman–Crippen MR) is 71.4 cm³/mol. The van der Waals surface area contributed by atoms with Crippen molar-refractivity contribution in [2.75, 3.05) is 13.2 Å². The van der Waals surface area contributed by atoms with Gasteiger partial charge in [0.15, 0.2) is 0 Å². The second-order valence-electron chi connectivity index (χ2n) is 4.34. The lowest BCUT2D eigenvalue weighted by molar-refractivity contribution is 0.0911. The third-order valence-electron chi connectivity index (χ3n) is 3.51. The van der Waals surface area contributed by atoms with Crippen LogP contribution in [0.5, 0.6) is 0 Å². The predicted octanol–water partition coefficient (Wildman–Crippen LogP) is 2.67. The van der Waals surface area contributed by atoms with Crippen molar-refractivity contribution in [1.82, 2.24) is 5.32 Å². The average Bonchev–Trinajstić information content (AvgIpc) is 2.88. The molecule has 1 heterocycles. The number of hydrogen-bond acceptors (Lipinski definition) is 3. The summed E-state index contributed by atoms with van der Waals surface area (Å²) in [5.74, 6) is -0.00999. The normalized spacial score (nSPS) is 11.5. The third kappa shape index (κ3) is 3.82. The second kappa shape index (κ2) is 6.77. The average molecular weight is 255 g/mol. The Hall–Kier alpha value is -0.870. The smallest absolute Gasteiger partial charge is 0.261 e. The van der Waals surface area contributed by atoms with Gasteiger partial charge in [-0.3, -0.25) is 4.79 Å². The van der Waals surface area contributed by atoms with E-state index in [9.17, 15) is 4.79 Å². The van der Waals surface area contributed by atoms with Crippen molar-refractivity contribution in [1.29, 1.82) is 0 Å². The fraction of sp³-hybridized carbons (Fsp3) is 0.615. The fourth-order valence-electron chi connectivity index (χ4n) is 1.94. The lowest BCUT2D eigenvalue weighted by Crippen LogP contribution is -2.37. The van der Waals surface area contributed by atoms with Gasteiger partial charge in [0, 0.05) is 13.2 Å². The van der Waals surface area contributed by atoms with Crippen LogP contribution in [0.25, 0.3) is 0 Å². The Morgan fingerprint density at radius 3 is 2.65 bits per heavy atom. The van der Waals surface area contributed by atoms with Gasteiger partial charge in [-0.25, -0.2) is 0 Å². The Balaban J connectivity index is 2.55. The van der Waals surface area contributed by atoms with Crippen LogP contribution in [0, 0.1) is 5.41 Å². The molecule has 0 aliphatic carbocycles. The van der Waals surface area contributed by atoms with Gasteiger partial charge in [-0.15, -0.1) is 11.3 Å². The van der Waals surface area contributed by atoms with Gasteiger partial charge in [0.2, 0.25) is 0 Å². The van der Waals surface area contributed by atoms with Crippen molar-refractivity contribution < 1.29 is 9.90 Å². The minimum atomic E-state index is -0.00999. The maximum Gasteiger partial charge on any atom is 0.261 e. The van der Waals surface area contributed by atoms with E-state index < -0.39 is 0 Å². The molecular weight excluding hydrogens is 234 g/mol. The van der Waals surface area contributed by atoms with Gasteiger partial charge in [-0.05, 0) is 36.1 Å². The van der Waals surface area contributed by atoms with Crippen molar-refractivity contribution >= 4 is 17.2 Å². The molecule has 1 rings (SSSR count). The number of amides is 1. The lowest BCUT2D eigenvalue weighted by Gasteiger charge is -2.31. The highest BCUT2D eigenvalue weighted by molar-refractivity contribution is 7.12. The summed E-state index contributed by atoms with van der Waals surface area (Å²) in [6.45, 7) is 5.03. The monoisotopic (exact) mass is 255 g/mol. The molecule has 0 aliphatic rings. The Morgan fingerprint density at radius 2 is 2.18 bits per heavy atom. The van der Waals surface area contributed by atoms with E-state index in [1.165, 1.54) is 11.3 Å². The van der Waals surface area contributed by atoms with Crippen molar-refractivity contribution in [3.8, 4) is 0 Å². The molecular formula is C13H21NO2S. The third-order valence-corrected chi connectivity index (χ3v) is 4.38. The van der Waals surface area contributed by atoms with Crippen molar-refractivity contribution in [2.45, 2.75) is 33.1 Å². The van der Waals surface area contributed by atoms with E-state index in [4.69, 9.17) is 5.11 Å². The maximum atomic E-state index is 11.8. The summed E-state index contributed by atoms with van der Waals surface area (Å²) in [6.07, 6.45) is 2.67. The molecule has 96 valence electrons. The van der Waals surface area contributed by atoms with Gasteiger partial charge in [-0.2, -0.15) is 0 Å². The summed E-state index contributed by atoms with van der Waals surface area (Å²) in [4.78, 5) is 12.6. The largest absolute Gasteiger partial charge is 0.396 e. The first-order chi connectivity index (χ1) is 8.17. The number of hydrogen-bond donors (Lipinski definition) is 2. The Kier molecular flexibility index (Phi) is 5.65. The summed E-state index contributed by atoms with van der Waals surface area (Å²) >= 11 is 1.45. The van der Waals surface area contributed by atoms with Crippen LogP contribution >= 0.6 is 11.3 Å². The van der Waals surface area contributed by atoms with Crippen LogP contribution in [0.15, 0.2) is 17.5 Å². The Bertz CT molecular complexity index is 331. The highest BCUT2D eigenvalue weighted by Gasteiger charge is 2.26. The number of aliphatic hydroxyl groups is 1. The number of thiophene rings is 1. The van der Waals surface area contributed by atoms with E-state index in [0.29, 0.717) is 6.54 Å². The number of nitrogens with one attached hydrogen (secondary N) is 1. The molecule has 3 nitrogen and oxygen atoms in total. The minimum Gasteiger partial charge on any atom is -0.396 e. The van der Waals surface area contributed by atoms with E-state index in [1.807, 2.05) is 17.5 Å². The lowest BCUT2D eigenvalue weighted by atomic mass is 9.79. The molecule has 0 aliphatic heterocycles. The molecule has 0 unspecified atom stereocenters. The van der Waals surface area contributed by atoms with Crippen molar-refractivity contribution in [3.63, 3.8) is 0 Å². The molecule has 0 fully saturated rings. The van der Waals surface area contributed by atoms with Crippen LogP contribution in [-0.2, 0) is 0 Å². The summed E-state index contributed by atoms with van der Waals surface area (Å²) in [7, 11) is 0. The van der Waals surface area contributed by atoms with E-state index in [1.54, 1.807) is 0 Å². The number of carbonyl (C=O) groups is 1. The summed E-state index contributed by atoms with van der Waals surface area (Å²) in [5, 5.41) is 14.0. The van der Waals surface area contributed by atoms with Crippen molar-refractivity contribution in [2.24, 2.45) is 5.41 Å². The van der Waals surface area contributed by atoms with Crippen LogP contribution in [0.1, 0.15) is 42.8 Å². The molecule has 17 heavy (non-hydrogen) atoms. The molecule has 0 spiro atoms. The Morgan fingerprint density at radius 1 is 1.47 bits per heavy atom. The molecule has 1 amide bonds. The number of carbonyl (C=O) groups excluding carboxylic acids is 1. The maximum absolute atomic E-state index is 11.8. The first-order valence-electron chi connectivity index (χ1n) is 6.10. The van der Waals surface area contributed by atoms with Gasteiger partial charge < -0.3 is 10.4 Å². The fourth-order valence-corrected chi connectivity index (χ4v) is 2.58. The highest BCUT2D eigenvalue weighted by Crippen LogP contribution is 2.29. The minimum absolute atomic E-state index is 0.00999. The quantitative estimate of drug-likeness (QED) is 0.787. The van der Waals surface area contributed by atoms with Crippen LogP contribution < -0.4 is 5.32 Å². The topological polar surface area (TPSA) is 49.3 Å². The van der Waals surface area contributed by atoms with Crippen LogP contribution in [0.4, 0.5) is 0 Å². The molecule has 2 N–H and O–H groups in total. The first kappa shape index (κ1) is 14.2. The van der Waals surface area contributed by atoms with Crippen LogP contribution in [-0.4, -0.2) is 24.2 Å². The van der Waals surface area contributed by atoms with Crippen molar-refractivity contribution in [3.05, 3.63) is 22.4 Å². The second-order valence-corrected chi connectivity index (χ2v) is 5.29. The molecule has 0 radical (unpaired) electrons. The van der Waals surface area contributed by atoms with E-state index in [0.717, 1.165) is 24.1 Å². The number of rotatable bonds is 7. The summed E-state index contributed by atoms with van der Waals surface area (Å²) in [5.41, 5.74) is 0.0294. The zero-order chi connectivity index (χ0) is 12.7. The standard InChI is InChI=1S/C13H21NO2S/c1-3-13(4-2,7-8-15)10-14-12(16)11-6-5-9-17-11/h5-6,9,15H,3-4,7-8,10H2,1-2H3,(H,14,16). The van der Waals surface area contributed by atoms with Gasteiger partial charge in [0.25, 0.3) is 5.91 Å². The van der Waals surface area contributed by atoms with E-state index in [2.05, 4.69) is 19.2 Å². The summed E-state index contributed by atoms with van der Waals surface area (Å²) < 4.78 is 0. The van der Waals surface area contributed by atoms with E-state index >= 15 is 0 Å². The first-order valence-corrected chi connectivity index (χ1v) is 6.98. The van der Waals surface area contributed by atoms with Crippen LogP contribution in [0.2, 0.25) is 0 Å².